The van der Waals surface area contributed by atoms with Crippen LogP contribution in [0.2, 0.25) is 0 Å². The van der Waals surface area contributed by atoms with Gasteiger partial charge in [-0.05, 0) is 41.8 Å². The maximum Gasteiger partial charge on any atom is 0.153 e. The number of aldehydes is 1. The minimum Gasteiger partial charge on any atom is -0.351 e. The lowest BCUT2D eigenvalue weighted by atomic mass is 9.99. The zero-order valence-electron chi connectivity index (χ0n) is 12.5. The van der Waals surface area contributed by atoms with E-state index >= 15 is 0 Å². The van der Waals surface area contributed by atoms with E-state index in [1.165, 1.54) is 11.1 Å². The van der Waals surface area contributed by atoms with Gasteiger partial charge in [-0.3, -0.25) is 4.79 Å². The fourth-order valence-electron chi connectivity index (χ4n) is 3.17. The molecule has 0 spiro atoms. The number of hydrogen-bond acceptors (Lipinski definition) is 3. The SMILES string of the molecule is O=Cc1cc2cc(Br)ccc2nc1N1CCc2ccccc2C1. The first-order valence-corrected chi connectivity index (χ1v) is 8.41. The summed E-state index contributed by atoms with van der Waals surface area (Å²) in [6.07, 6.45) is 1.89. The molecule has 1 aromatic heterocycles. The van der Waals surface area contributed by atoms with Crippen LogP contribution in [0.3, 0.4) is 0 Å². The Morgan fingerprint density at radius 3 is 2.74 bits per heavy atom. The quantitative estimate of drug-likeness (QED) is 0.631. The molecule has 114 valence electrons. The van der Waals surface area contributed by atoms with Gasteiger partial charge in [-0.25, -0.2) is 4.98 Å². The van der Waals surface area contributed by atoms with E-state index in [2.05, 4.69) is 45.1 Å². The van der Waals surface area contributed by atoms with Gasteiger partial charge in [0.25, 0.3) is 0 Å². The van der Waals surface area contributed by atoms with Gasteiger partial charge in [-0.15, -0.1) is 0 Å². The molecule has 23 heavy (non-hydrogen) atoms. The molecule has 0 unspecified atom stereocenters. The molecule has 0 saturated carbocycles. The normalized spacial score (nSPS) is 13.9. The Balaban J connectivity index is 1.79. The first-order valence-electron chi connectivity index (χ1n) is 7.62. The van der Waals surface area contributed by atoms with Gasteiger partial charge in [-0.1, -0.05) is 40.2 Å². The molecule has 1 aliphatic rings. The molecule has 3 nitrogen and oxygen atoms in total. The van der Waals surface area contributed by atoms with Gasteiger partial charge in [0.05, 0.1) is 11.1 Å². The first kappa shape index (κ1) is 14.4. The fraction of sp³-hybridized carbons (Fsp3) is 0.158. The topological polar surface area (TPSA) is 33.2 Å². The molecule has 0 aliphatic carbocycles. The summed E-state index contributed by atoms with van der Waals surface area (Å²) in [7, 11) is 0. The third kappa shape index (κ3) is 2.63. The average Bonchev–Trinajstić information content (AvgIpc) is 2.60. The standard InChI is InChI=1S/C19H15BrN2O/c20-17-5-6-18-15(10-17)9-16(12-23)19(21-18)22-8-7-13-3-1-2-4-14(13)11-22/h1-6,9-10,12H,7-8,11H2. The predicted molar refractivity (Wildman–Crippen MR) is 96.0 cm³/mol. The van der Waals surface area contributed by atoms with Crippen molar-refractivity contribution in [1.82, 2.24) is 4.98 Å². The molecule has 2 aromatic carbocycles. The van der Waals surface area contributed by atoms with Crippen molar-refractivity contribution in [3.05, 3.63) is 69.7 Å². The van der Waals surface area contributed by atoms with Gasteiger partial charge in [-0.2, -0.15) is 0 Å². The molecule has 2 heterocycles. The van der Waals surface area contributed by atoms with E-state index in [1.54, 1.807) is 0 Å². The third-order valence-electron chi connectivity index (χ3n) is 4.34. The number of aromatic nitrogens is 1. The summed E-state index contributed by atoms with van der Waals surface area (Å²) in [5.41, 5.74) is 4.26. The number of carbonyl (C=O) groups is 1. The van der Waals surface area contributed by atoms with Crippen LogP contribution < -0.4 is 4.90 Å². The molecule has 4 rings (SSSR count). The summed E-state index contributed by atoms with van der Waals surface area (Å²) >= 11 is 3.47. The second kappa shape index (κ2) is 5.78. The van der Waals surface area contributed by atoms with E-state index in [9.17, 15) is 4.79 Å². The number of hydrogen-bond donors (Lipinski definition) is 0. The van der Waals surface area contributed by atoms with Crippen LogP contribution in [-0.2, 0) is 13.0 Å². The summed E-state index contributed by atoms with van der Waals surface area (Å²) < 4.78 is 0.989. The van der Waals surface area contributed by atoms with Gasteiger partial charge in [0.1, 0.15) is 5.82 Å². The highest BCUT2D eigenvalue weighted by Gasteiger charge is 2.20. The Kier molecular flexibility index (Phi) is 3.62. The van der Waals surface area contributed by atoms with E-state index in [4.69, 9.17) is 4.98 Å². The summed E-state index contributed by atoms with van der Waals surface area (Å²) in [4.78, 5) is 18.5. The van der Waals surface area contributed by atoms with Gasteiger partial charge in [0, 0.05) is 22.9 Å². The van der Waals surface area contributed by atoms with Gasteiger partial charge >= 0.3 is 0 Å². The Bertz CT molecular complexity index is 907. The van der Waals surface area contributed by atoms with Crippen molar-refractivity contribution in [1.29, 1.82) is 0 Å². The van der Waals surface area contributed by atoms with E-state index in [1.807, 2.05) is 24.3 Å². The summed E-state index contributed by atoms with van der Waals surface area (Å²) in [6.45, 7) is 1.68. The van der Waals surface area contributed by atoms with E-state index < -0.39 is 0 Å². The maximum atomic E-state index is 11.6. The van der Waals surface area contributed by atoms with Crippen LogP contribution in [0.4, 0.5) is 5.82 Å². The van der Waals surface area contributed by atoms with Crippen molar-refractivity contribution >= 4 is 38.9 Å². The molecular weight excluding hydrogens is 352 g/mol. The summed E-state index contributed by atoms with van der Waals surface area (Å²) in [5.74, 6) is 0.782. The second-order valence-corrected chi connectivity index (χ2v) is 6.71. The van der Waals surface area contributed by atoms with Gasteiger partial charge < -0.3 is 4.90 Å². The van der Waals surface area contributed by atoms with Crippen molar-refractivity contribution in [3.8, 4) is 0 Å². The number of pyridine rings is 1. The second-order valence-electron chi connectivity index (χ2n) is 5.80. The van der Waals surface area contributed by atoms with Crippen LogP contribution in [-0.4, -0.2) is 17.8 Å². The number of nitrogens with zero attached hydrogens (tertiary/aromatic N) is 2. The van der Waals surface area contributed by atoms with Gasteiger partial charge in [0.15, 0.2) is 6.29 Å². The highest BCUT2D eigenvalue weighted by atomic mass is 79.9. The number of carbonyl (C=O) groups excluding carboxylic acids is 1. The van der Waals surface area contributed by atoms with Crippen molar-refractivity contribution in [2.24, 2.45) is 0 Å². The number of fused-ring (bicyclic) bond motifs is 2. The lowest BCUT2D eigenvalue weighted by molar-refractivity contribution is 0.112. The Labute approximate surface area is 143 Å². The molecule has 0 N–H and O–H groups in total. The van der Waals surface area contributed by atoms with Crippen LogP contribution in [0.1, 0.15) is 21.5 Å². The Morgan fingerprint density at radius 1 is 1.09 bits per heavy atom. The smallest absolute Gasteiger partial charge is 0.153 e. The minimum absolute atomic E-state index is 0.648. The minimum atomic E-state index is 0.648. The zero-order chi connectivity index (χ0) is 15.8. The van der Waals surface area contributed by atoms with Crippen LogP contribution >= 0.6 is 15.9 Å². The van der Waals surface area contributed by atoms with Crippen molar-refractivity contribution in [3.63, 3.8) is 0 Å². The largest absolute Gasteiger partial charge is 0.351 e. The molecule has 0 atom stereocenters. The zero-order valence-corrected chi connectivity index (χ0v) is 14.1. The molecule has 0 radical (unpaired) electrons. The van der Waals surface area contributed by atoms with E-state index in [-0.39, 0.29) is 0 Å². The molecule has 0 amide bonds. The van der Waals surface area contributed by atoms with Crippen LogP contribution in [0.25, 0.3) is 10.9 Å². The third-order valence-corrected chi connectivity index (χ3v) is 4.84. The molecule has 0 bridgehead atoms. The highest BCUT2D eigenvalue weighted by Crippen LogP contribution is 2.28. The molecule has 1 aliphatic heterocycles. The lowest BCUT2D eigenvalue weighted by Gasteiger charge is -2.30. The molecule has 0 fully saturated rings. The van der Waals surface area contributed by atoms with Crippen molar-refractivity contribution < 1.29 is 4.79 Å². The summed E-state index contributed by atoms with van der Waals surface area (Å²) in [5, 5.41) is 0.975. The molecular formula is C19H15BrN2O. The Hall–Kier alpha value is -2.20. The van der Waals surface area contributed by atoms with Crippen LogP contribution in [0.15, 0.2) is 53.0 Å². The number of benzene rings is 2. The van der Waals surface area contributed by atoms with Crippen LogP contribution in [0, 0.1) is 0 Å². The maximum absolute atomic E-state index is 11.6. The molecule has 4 heteroatoms. The first-order chi connectivity index (χ1) is 11.2. The molecule has 3 aromatic rings. The number of anilines is 1. The van der Waals surface area contributed by atoms with Crippen molar-refractivity contribution in [2.75, 3.05) is 11.4 Å². The lowest BCUT2D eigenvalue weighted by Crippen LogP contribution is -2.31. The predicted octanol–water partition coefficient (Wildman–Crippen LogP) is 4.37. The summed E-state index contributed by atoms with van der Waals surface area (Å²) in [6, 6.07) is 16.4. The monoisotopic (exact) mass is 366 g/mol. The number of halogens is 1. The Morgan fingerprint density at radius 2 is 1.91 bits per heavy atom. The van der Waals surface area contributed by atoms with Crippen molar-refractivity contribution in [2.45, 2.75) is 13.0 Å². The fourth-order valence-corrected chi connectivity index (χ4v) is 3.55. The average molecular weight is 367 g/mol. The van der Waals surface area contributed by atoms with E-state index in [0.29, 0.717) is 5.56 Å². The number of rotatable bonds is 2. The van der Waals surface area contributed by atoms with Crippen LogP contribution in [0.5, 0.6) is 0 Å². The van der Waals surface area contributed by atoms with E-state index in [0.717, 1.165) is 47.0 Å². The molecule has 0 saturated heterocycles. The van der Waals surface area contributed by atoms with Gasteiger partial charge in [0.2, 0.25) is 0 Å². The highest BCUT2D eigenvalue weighted by molar-refractivity contribution is 9.10.